The van der Waals surface area contributed by atoms with Gasteiger partial charge in [-0.05, 0) is 12.8 Å². The largest absolute Gasteiger partial charge is 0.338 e. The molecule has 1 amide bonds. The smallest absolute Gasteiger partial charge is 0.224 e. The molecule has 0 aliphatic carbocycles. The molecule has 0 saturated carbocycles. The lowest BCUT2D eigenvalue weighted by atomic mass is 10.0. The number of nitrogens with two attached hydrogens (primary N) is 1. The number of rotatable bonds is 3. The van der Waals surface area contributed by atoms with Gasteiger partial charge in [0.25, 0.3) is 0 Å². The Kier molecular flexibility index (Phi) is 4.55. The quantitative estimate of drug-likeness (QED) is 0.776. The fourth-order valence-electron chi connectivity index (χ4n) is 1.92. The Morgan fingerprint density at radius 1 is 1.47 bits per heavy atom. The van der Waals surface area contributed by atoms with Crippen LogP contribution in [0.3, 0.4) is 0 Å². The van der Waals surface area contributed by atoms with E-state index in [0.717, 1.165) is 0 Å². The van der Waals surface area contributed by atoms with Crippen LogP contribution in [0, 0.1) is 5.92 Å². The molecule has 2 unspecified atom stereocenters. The van der Waals surface area contributed by atoms with Crippen LogP contribution in [0.25, 0.3) is 0 Å². The summed E-state index contributed by atoms with van der Waals surface area (Å²) in [5.74, 6) is 0.353. The first-order valence-corrected chi connectivity index (χ1v) is 7.80. The second-order valence-corrected chi connectivity index (χ2v) is 7.39. The van der Waals surface area contributed by atoms with E-state index in [1.807, 2.05) is 13.8 Å². The van der Waals surface area contributed by atoms with Gasteiger partial charge in [0.2, 0.25) is 5.91 Å². The van der Waals surface area contributed by atoms with Crippen molar-refractivity contribution in [1.82, 2.24) is 4.90 Å². The van der Waals surface area contributed by atoms with Crippen LogP contribution < -0.4 is 5.73 Å². The molecule has 17 heavy (non-hydrogen) atoms. The van der Waals surface area contributed by atoms with Gasteiger partial charge in [-0.3, -0.25) is 4.79 Å². The van der Waals surface area contributed by atoms with E-state index < -0.39 is 9.84 Å². The first kappa shape index (κ1) is 14.4. The Labute approximate surface area is 103 Å². The van der Waals surface area contributed by atoms with Crippen LogP contribution in [0.5, 0.6) is 0 Å². The van der Waals surface area contributed by atoms with Gasteiger partial charge in [0.05, 0.1) is 11.5 Å². The first-order chi connectivity index (χ1) is 7.73. The van der Waals surface area contributed by atoms with Crippen LogP contribution >= 0.6 is 0 Å². The van der Waals surface area contributed by atoms with Gasteiger partial charge < -0.3 is 10.6 Å². The lowest BCUT2D eigenvalue weighted by Crippen LogP contribution is -2.51. The van der Waals surface area contributed by atoms with Gasteiger partial charge in [-0.25, -0.2) is 8.42 Å². The molecule has 2 atom stereocenters. The average molecular weight is 262 g/mol. The zero-order valence-corrected chi connectivity index (χ0v) is 11.5. The van der Waals surface area contributed by atoms with E-state index in [4.69, 9.17) is 5.73 Å². The molecule has 0 bridgehead atoms. The summed E-state index contributed by atoms with van der Waals surface area (Å²) in [4.78, 5) is 13.6. The van der Waals surface area contributed by atoms with Crippen LogP contribution in [-0.2, 0) is 14.6 Å². The average Bonchev–Trinajstić information content (AvgIpc) is 2.15. The van der Waals surface area contributed by atoms with Gasteiger partial charge in [0.15, 0.2) is 9.84 Å². The predicted octanol–water partition coefficient (Wildman–Crippen LogP) is 0.00530. The third kappa shape index (κ3) is 3.96. The predicted molar refractivity (Wildman–Crippen MR) is 67.3 cm³/mol. The van der Waals surface area contributed by atoms with E-state index >= 15 is 0 Å². The van der Waals surface area contributed by atoms with E-state index in [-0.39, 0.29) is 35.4 Å². The lowest BCUT2D eigenvalue weighted by Gasteiger charge is -2.34. The summed E-state index contributed by atoms with van der Waals surface area (Å²) < 4.78 is 22.8. The van der Waals surface area contributed by atoms with Gasteiger partial charge in [-0.1, -0.05) is 13.8 Å². The minimum atomic E-state index is -2.97. The van der Waals surface area contributed by atoms with Gasteiger partial charge in [-0.2, -0.15) is 0 Å². The molecule has 1 heterocycles. The maximum Gasteiger partial charge on any atom is 0.224 e. The molecule has 0 spiro atoms. The molecule has 100 valence electrons. The van der Waals surface area contributed by atoms with Crippen LogP contribution in [0.15, 0.2) is 0 Å². The fourth-order valence-corrected chi connectivity index (χ4v) is 3.48. The molecule has 0 aromatic heterocycles. The van der Waals surface area contributed by atoms with Crippen LogP contribution in [-0.4, -0.2) is 49.4 Å². The number of amides is 1. The Hall–Kier alpha value is -0.620. The monoisotopic (exact) mass is 262 g/mol. The standard InChI is InChI=1S/C11H22N2O3S/c1-8(2)10(12)6-11(14)13-4-5-17(15,16)7-9(13)3/h8-10H,4-7,12H2,1-3H3. The molecule has 1 saturated heterocycles. The second kappa shape index (κ2) is 5.35. The molecule has 5 nitrogen and oxygen atoms in total. The van der Waals surface area contributed by atoms with E-state index in [0.29, 0.717) is 13.0 Å². The Morgan fingerprint density at radius 2 is 2.06 bits per heavy atom. The number of nitrogens with zero attached hydrogens (tertiary/aromatic N) is 1. The Bertz CT molecular complexity index is 378. The van der Waals surface area contributed by atoms with Crippen LogP contribution in [0.4, 0.5) is 0 Å². The number of carbonyl (C=O) groups excluding carboxylic acids is 1. The third-order valence-electron chi connectivity index (χ3n) is 3.26. The number of hydrogen-bond donors (Lipinski definition) is 1. The van der Waals surface area contributed by atoms with E-state index in [2.05, 4.69) is 0 Å². The molecule has 0 aromatic carbocycles. The van der Waals surface area contributed by atoms with E-state index in [1.54, 1.807) is 11.8 Å². The Morgan fingerprint density at radius 3 is 2.53 bits per heavy atom. The molecule has 0 aromatic rings. The molecule has 1 fully saturated rings. The summed E-state index contributed by atoms with van der Waals surface area (Å²) >= 11 is 0. The summed E-state index contributed by atoms with van der Waals surface area (Å²) in [6, 6.07) is -0.395. The maximum atomic E-state index is 12.0. The van der Waals surface area contributed by atoms with Gasteiger partial charge in [0.1, 0.15) is 0 Å². The first-order valence-electron chi connectivity index (χ1n) is 5.98. The van der Waals surface area contributed by atoms with Crippen molar-refractivity contribution in [2.75, 3.05) is 18.1 Å². The zero-order valence-electron chi connectivity index (χ0n) is 10.7. The normalized spacial score (nSPS) is 25.9. The highest BCUT2D eigenvalue weighted by Gasteiger charge is 2.31. The minimum Gasteiger partial charge on any atom is -0.338 e. The highest BCUT2D eigenvalue weighted by molar-refractivity contribution is 7.91. The Balaban J connectivity index is 2.60. The highest BCUT2D eigenvalue weighted by Crippen LogP contribution is 2.14. The van der Waals surface area contributed by atoms with Crippen molar-refractivity contribution in [2.24, 2.45) is 11.7 Å². The summed E-state index contributed by atoms with van der Waals surface area (Å²) in [5.41, 5.74) is 5.86. The topological polar surface area (TPSA) is 80.5 Å². The van der Waals surface area contributed by atoms with Crippen molar-refractivity contribution < 1.29 is 13.2 Å². The SMILES string of the molecule is CC(C)C(N)CC(=O)N1CCS(=O)(=O)CC1C. The van der Waals surface area contributed by atoms with Crippen molar-refractivity contribution >= 4 is 15.7 Å². The van der Waals surface area contributed by atoms with Crippen molar-refractivity contribution in [1.29, 1.82) is 0 Å². The molecular weight excluding hydrogens is 240 g/mol. The molecule has 0 radical (unpaired) electrons. The fraction of sp³-hybridized carbons (Fsp3) is 0.909. The van der Waals surface area contributed by atoms with E-state index in [9.17, 15) is 13.2 Å². The number of carbonyl (C=O) groups is 1. The molecule has 1 rings (SSSR count). The van der Waals surface area contributed by atoms with Crippen LogP contribution in [0.2, 0.25) is 0 Å². The molecular formula is C11H22N2O3S. The van der Waals surface area contributed by atoms with Gasteiger partial charge in [0, 0.05) is 25.0 Å². The van der Waals surface area contributed by atoms with Crippen molar-refractivity contribution in [3.8, 4) is 0 Å². The van der Waals surface area contributed by atoms with Gasteiger partial charge in [-0.15, -0.1) is 0 Å². The van der Waals surface area contributed by atoms with E-state index in [1.165, 1.54) is 0 Å². The maximum absolute atomic E-state index is 12.0. The number of sulfone groups is 1. The summed E-state index contributed by atoms with van der Waals surface area (Å²) in [6.45, 7) is 6.02. The second-order valence-electron chi connectivity index (χ2n) is 5.16. The molecule has 1 aliphatic heterocycles. The molecule has 2 N–H and O–H groups in total. The van der Waals surface area contributed by atoms with Crippen molar-refractivity contribution in [3.05, 3.63) is 0 Å². The number of hydrogen-bond acceptors (Lipinski definition) is 4. The van der Waals surface area contributed by atoms with Crippen LogP contribution in [0.1, 0.15) is 27.2 Å². The highest BCUT2D eigenvalue weighted by atomic mass is 32.2. The zero-order chi connectivity index (χ0) is 13.2. The summed E-state index contributed by atoms with van der Waals surface area (Å²) in [7, 11) is -2.97. The van der Waals surface area contributed by atoms with Crippen molar-refractivity contribution in [3.63, 3.8) is 0 Å². The van der Waals surface area contributed by atoms with Crippen molar-refractivity contribution in [2.45, 2.75) is 39.3 Å². The molecule has 1 aliphatic rings. The van der Waals surface area contributed by atoms with Gasteiger partial charge >= 0.3 is 0 Å². The minimum absolute atomic E-state index is 0.0337. The molecule has 6 heteroatoms. The summed E-state index contributed by atoms with van der Waals surface area (Å²) in [5, 5.41) is 0. The third-order valence-corrected chi connectivity index (χ3v) is 5.05. The lowest BCUT2D eigenvalue weighted by molar-refractivity contribution is -0.133. The summed E-state index contributed by atoms with van der Waals surface area (Å²) in [6.07, 6.45) is 0.294.